The van der Waals surface area contributed by atoms with Gasteiger partial charge in [-0.2, -0.15) is 0 Å². The Balaban J connectivity index is 1.17. The third-order valence-corrected chi connectivity index (χ3v) is 10.5. The molecule has 0 amide bonds. The summed E-state index contributed by atoms with van der Waals surface area (Å²) in [6, 6.07) is 1.04. The number of unbranched alkanes of at least 4 members (excludes halogenated alkanes) is 2. The number of β-amino-alcohol motifs (C(OH)–C–C–N with tert-alkyl or cyclic N) is 1. The van der Waals surface area contributed by atoms with E-state index in [1.807, 2.05) is 6.21 Å². The standard InChI is InChI=1S/C30H56N6O4/c1-21-25(37)16-24(36-15-14-32-20-36)28(35-21)23-9-7-22(8-10-23)6-4-3-5-11-30(40,18-27(38)39)19-34-29(2)12-13-33-26(31)17-29/h14,21-26,28,33-35,37,40H,3-13,15-20,31H2,1-2H3,(H,38,39)/p+1/t21-,22?,23?,24-,25+,26-,28+,29+,30+/m0/s1. The number of piperidine rings is 2. The quantitative estimate of drug-likeness (QED) is 0.149. The van der Waals surface area contributed by atoms with Crippen molar-refractivity contribution in [2.24, 2.45) is 22.6 Å². The Hall–Kier alpha value is -1.14. The lowest BCUT2D eigenvalue weighted by Gasteiger charge is -2.45. The van der Waals surface area contributed by atoms with Crippen LogP contribution in [0.5, 0.6) is 0 Å². The summed E-state index contributed by atoms with van der Waals surface area (Å²) in [5, 5.41) is 41.7. The molecule has 3 aliphatic heterocycles. The van der Waals surface area contributed by atoms with Crippen LogP contribution in [0.15, 0.2) is 4.99 Å². The van der Waals surface area contributed by atoms with Gasteiger partial charge < -0.3 is 41.9 Å². The van der Waals surface area contributed by atoms with Crippen LogP contribution in [0.4, 0.5) is 0 Å². The molecule has 0 bridgehead atoms. The van der Waals surface area contributed by atoms with Gasteiger partial charge in [-0.05, 0) is 64.3 Å². The molecule has 0 radical (unpaired) electrons. The number of carboxylic acids is 1. The van der Waals surface area contributed by atoms with Crippen molar-refractivity contribution in [1.29, 1.82) is 0 Å². The van der Waals surface area contributed by atoms with Gasteiger partial charge in [-0.25, -0.2) is 4.99 Å². The van der Waals surface area contributed by atoms with Crippen molar-refractivity contribution < 1.29 is 25.0 Å². The van der Waals surface area contributed by atoms with Crippen LogP contribution in [0.3, 0.4) is 0 Å². The number of carboxylic acid groups (broad SMARTS) is 1. The molecule has 4 rings (SSSR count). The van der Waals surface area contributed by atoms with E-state index < -0.39 is 11.6 Å². The Bertz CT molecular complexity index is 831. The zero-order valence-corrected chi connectivity index (χ0v) is 24.9. The van der Waals surface area contributed by atoms with Crippen LogP contribution in [-0.4, -0.2) is 95.3 Å². The summed E-state index contributed by atoms with van der Waals surface area (Å²) in [5.74, 6) is 0.470. The highest BCUT2D eigenvalue weighted by Gasteiger charge is 2.44. The van der Waals surface area contributed by atoms with Crippen LogP contribution in [-0.2, 0) is 4.79 Å². The van der Waals surface area contributed by atoms with E-state index in [1.165, 1.54) is 37.0 Å². The highest BCUT2D eigenvalue weighted by atomic mass is 16.4. The van der Waals surface area contributed by atoms with Gasteiger partial charge in [-0.3, -0.25) is 4.79 Å². The van der Waals surface area contributed by atoms with Gasteiger partial charge in [0, 0.05) is 24.5 Å². The first-order valence-corrected chi connectivity index (χ1v) is 16.0. The lowest BCUT2D eigenvalue weighted by atomic mass is 9.72. The number of aliphatic hydroxyl groups is 2. The topological polar surface area (TPSA) is 157 Å². The maximum absolute atomic E-state index is 11.5. The molecule has 0 aromatic rings. The normalized spacial score (nSPS) is 40.1. The number of aliphatic hydroxyl groups excluding tert-OH is 1. The molecule has 4 aliphatic rings. The molecule has 230 valence electrons. The molecule has 3 fully saturated rings. The van der Waals surface area contributed by atoms with Crippen LogP contribution in [0.25, 0.3) is 0 Å². The number of hydrogen-bond acceptors (Lipinski definition) is 8. The molecule has 0 spiro atoms. The molecule has 1 saturated carbocycles. The number of aliphatic imine (C=N–C) groups is 1. The summed E-state index contributed by atoms with van der Waals surface area (Å²) >= 11 is 0. The molecule has 2 saturated heterocycles. The first-order chi connectivity index (χ1) is 19.1. The van der Waals surface area contributed by atoms with E-state index in [0.29, 0.717) is 24.4 Å². The maximum atomic E-state index is 11.5. The monoisotopic (exact) mass is 565 g/mol. The highest BCUT2D eigenvalue weighted by molar-refractivity contribution is 5.68. The highest BCUT2D eigenvalue weighted by Crippen LogP contribution is 2.36. The fourth-order valence-corrected chi connectivity index (χ4v) is 7.88. The number of rotatable bonds is 13. The molecule has 10 heteroatoms. The maximum Gasteiger partial charge on any atom is 0.306 e. The zero-order chi connectivity index (χ0) is 28.8. The molecular formula is C30H57N6O4+. The zero-order valence-electron chi connectivity index (χ0n) is 24.9. The average molecular weight is 566 g/mol. The van der Waals surface area contributed by atoms with Gasteiger partial charge in [0.1, 0.15) is 12.6 Å². The molecule has 40 heavy (non-hydrogen) atoms. The number of carbonyl (C=O) groups is 1. The molecule has 0 aromatic heterocycles. The minimum atomic E-state index is -1.24. The molecule has 3 heterocycles. The van der Waals surface area contributed by atoms with Crippen molar-refractivity contribution in [1.82, 2.24) is 16.0 Å². The van der Waals surface area contributed by atoms with Gasteiger partial charge in [0.25, 0.3) is 0 Å². The van der Waals surface area contributed by atoms with Crippen LogP contribution in [0.2, 0.25) is 0 Å². The van der Waals surface area contributed by atoms with Crippen molar-refractivity contribution in [3.05, 3.63) is 0 Å². The van der Waals surface area contributed by atoms with E-state index in [0.717, 1.165) is 64.2 Å². The molecule has 0 aromatic carbocycles. The van der Waals surface area contributed by atoms with Gasteiger partial charge in [0.2, 0.25) is 0 Å². The van der Waals surface area contributed by atoms with E-state index in [4.69, 9.17) is 5.73 Å². The minimum Gasteiger partial charge on any atom is -0.481 e. The van der Waals surface area contributed by atoms with E-state index in [2.05, 4.69) is 34.8 Å². The van der Waals surface area contributed by atoms with Gasteiger partial charge in [-0.15, -0.1) is 0 Å². The smallest absolute Gasteiger partial charge is 0.306 e. The van der Waals surface area contributed by atoms with E-state index in [-0.39, 0.29) is 36.8 Å². The van der Waals surface area contributed by atoms with Crippen molar-refractivity contribution in [3.8, 4) is 0 Å². The van der Waals surface area contributed by atoms with Crippen LogP contribution in [0, 0.1) is 11.8 Å². The molecular weight excluding hydrogens is 508 g/mol. The third kappa shape index (κ3) is 8.93. The number of nitrogens with one attached hydrogen (secondary N) is 4. The predicted molar refractivity (Wildman–Crippen MR) is 157 cm³/mol. The second-order valence-electron chi connectivity index (χ2n) is 13.9. The second kappa shape index (κ2) is 14.4. The fraction of sp³-hybridized carbons (Fsp3) is 0.933. The molecule has 1 aliphatic carbocycles. The predicted octanol–water partition coefficient (Wildman–Crippen LogP) is 0.372. The van der Waals surface area contributed by atoms with Crippen LogP contribution < -0.4 is 26.6 Å². The molecule has 1 unspecified atom stereocenters. The van der Waals surface area contributed by atoms with E-state index in [1.54, 1.807) is 0 Å². The Morgan fingerprint density at radius 2 is 2.02 bits per heavy atom. The lowest BCUT2D eigenvalue weighted by Crippen LogP contribution is -3.17. The summed E-state index contributed by atoms with van der Waals surface area (Å²) < 4.78 is 0. The van der Waals surface area contributed by atoms with Crippen molar-refractivity contribution in [2.75, 3.05) is 26.3 Å². The number of hydrogen-bond donors (Lipinski definition) is 8. The first-order valence-electron chi connectivity index (χ1n) is 16.0. The number of quaternary nitrogens is 1. The van der Waals surface area contributed by atoms with Gasteiger partial charge >= 0.3 is 5.97 Å². The molecule has 9 N–H and O–H groups in total. The van der Waals surface area contributed by atoms with Crippen LogP contribution >= 0.6 is 0 Å². The van der Waals surface area contributed by atoms with Crippen molar-refractivity contribution in [3.63, 3.8) is 0 Å². The largest absolute Gasteiger partial charge is 0.481 e. The Labute approximate surface area is 240 Å². The van der Waals surface area contributed by atoms with Crippen LogP contribution in [0.1, 0.15) is 97.3 Å². The van der Waals surface area contributed by atoms with Gasteiger partial charge in [-0.1, -0.05) is 38.5 Å². The molecule has 10 nitrogen and oxygen atoms in total. The first kappa shape index (κ1) is 31.8. The summed E-state index contributed by atoms with van der Waals surface area (Å²) in [4.78, 5) is 17.5. The van der Waals surface area contributed by atoms with Gasteiger partial charge in [0.05, 0.1) is 36.5 Å². The number of aliphatic carboxylic acids is 1. The number of nitrogens with two attached hydrogens (primary N) is 1. The Kier molecular flexibility index (Phi) is 11.4. The second-order valence-corrected chi connectivity index (χ2v) is 13.9. The van der Waals surface area contributed by atoms with Crippen molar-refractivity contribution >= 4 is 12.2 Å². The summed E-state index contributed by atoms with van der Waals surface area (Å²) in [5.41, 5.74) is 4.64. The van der Waals surface area contributed by atoms with Gasteiger partial charge in [0.15, 0.2) is 6.67 Å². The van der Waals surface area contributed by atoms with E-state index in [9.17, 15) is 20.1 Å². The SMILES string of the molecule is C[C@@H]1N[C@H](C2CCC(CCCCC[C@](O)(CN[C@]3(C)CCN[C@H](N)C3)CC(=O)O)CC2)[C@@H]([NH+]2CC=NC2)C[C@H]1O. The average Bonchev–Trinajstić information content (AvgIpc) is 3.44. The van der Waals surface area contributed by atoms with Crippen molar-refractivity contribution in [2.45, 2.75) is 139 Å². The minimum absolute atomic E-state index is 0.0773. The fourth-order valence-electron chi connectivity index (χ4n) is 7.88. The Morgan fingerprint density at radius 1 is 1.25 bits per heavy atom. The molecule has 8 atom stereocenters. The summed E-state index contributed by atoms with van der Waals surface area (Å²) in [6.45, 7) is 7.14. The summed E-state index contributed by atoms with van der Waals surface area (Å²) in [6.07, 6.45) is 13.7. The number of nitrogens with zero attached hydrogens (tertiary/aromatic N) is 1. The third-order valence-electron chi connectivity index (χ3n) is 10.5. The Morgan fingerprint density at radius 3 is 2.70 bits per heavy atom. The van der Waals surface area contributed by atoms with E-state index >= 15 is 0 Å². The summed E-state index contributed by atoms with van der Waals surface area (Å²) in [7, 11) is 0. The lowest BCUT2D eigenvalue weighted by molar-refractivity contribution is -0.914.